The van der Waals surface area contributed by atoms with E-state index in [0.29, 0.717) is 16.9 Å². The van der Waals surface area contributed by atoms with E-state index in [1.165, 1.54) is 0 Å². The standard InChI is InChI=1S/C13H26N4S5/c1-5-16(6-2)12(19)21-9-14-11(18)15-10-22-13(20)17(7-3)8-4/h5-10H2,1-4H3,(H2,14,15,18). The van der Waals surface area contributed by atoms with Gasteiger partial charge < -0.3 is 20.4 Å². The van der Waals surface area contributed by atoms with Gasteiger partial charge in [-0.25, -0.2) is 0 Å². The molecule has 0 fully saturated rings. The second-order valence-electron chi connectivity index (χ2n) is 4.14. The number of nitrogens with one attached hydrogen (secondary N) is 2. The Labute approximate surface area is 159 Å². The summed E-state index contributed by atoms with van der Waals surface area (Å²) in [5, 5.41) is 6.92. The Morgan fingerprint density at radius 3 is 1.32 bits per heavy atom. The van der Waals surface area contributed by atoms with E-state index < -0.39 is 0 Å². The first-order valence-corrected chi connectivity index (χ1v) is 10.5. The van der Waals surface area contributed by atoms with E-state index >= 15 is 0 Å². The zero-order valence-electron chi connectivity index (χ0n) is 13.7. The molecule has 0 aliphatic heterocycles. The van der Waals surface area contributed by atoms with Crippen molar-refractivity contribution >= 4 is 73.9 Å². The van der Waals surface area contributed by atoms with Crippen LogP contribution in [-0.4, -0.2) is 61.5 Å². The molecular weight excluding hydrogens is 373 g/mol. The molecule has 0 atom stereocenters. The van der Waals surface area contributed by atoms with Gasteiger partial charge in [0.05, 0.1) is 11.8 Å². The van der Waals surface area contributed by atoms with E-state index in [1.54, 1.807) is 23.5 Å². The van der Waals surface area contributed by atoms with E-state index in [2.05, 4.69) is 48.1 Å². The first-order valence-electron chi connectivity index (χ1n) is 7.35. The number of thioether (sulfide) groups is 2. The van der Waals surface area contributed by atoms with E-state index in [-0.39, 0.29) is 0 Å². The van der Waals surface area contributed by atoms with Gasteiger partial charge in [-0.05, 0) is 39.9 Å². The fourth-order valence-corrected chi connectivity index (χ4v) is 4.29. The molecule has 0 bridgehead atoms. The molecule has 0 aromatic carbocycles. The number of thiocarbonyl (C=S) groups is 3. The molecule has 0 amide bonds. The molecule has 0 spiro atoms. The third-order valence-corrected chi connectivity index (χ3v) is 6.00. The second-order valence-corrected chi connectivity index (χ2v) is 7.76. The third-order valence-electron chi connectivity index (χ3n) is 2.90. The SMILES string of the molecule is CCN(CC)C(=S)SCNC(=S)NCSC(=S)N(CC)CC. The zero-order valence-corrected chi connectivity index (χ0v) is 17.8. The van der Waals surface area contributed by atoms with E-state index in [9.17, 15) is 0 Å². The Morgan fingerprint density at radius 2 is 1.05 bits per heavy atom. The van der Waals surface area contributed by atoms with Gasteiger partial charge in [-0.1, -0.05) is 48.0 Å². The molecule has 22 heavy (non-hydrogen) atoms. The van der Waals surface area contributed by atoms with Crippen LogP contribution in [0.2, 0.25) is 0 Å². The summed E-state index contributed by atoms with van der Waals surface area (Å²) in [6, 6.07) is 0. The summed E-state index contributed by atoms with van der Waals surface area (Å²) >= 11 is 19.1. The topological polar surface area (TPSA) is 30.5 Å². The van der Waals surface area contributed by atoms with Gasteiger partial charge in [0.15, 0.2) is 5.11 Å². The predicted octanol–water partition coefficient (Wildman–Crippen LogP) is 3.09. The summed E-state index contributed by atoms with van der Waals surface area (Å²) < 4.78 is 1.80. The van der Waals surface area contributed by atoms with Gasteiger partial charge in [-0.2, -0.15) is 0 Å². The maximum atomic E-state index is 5.36. The number of hydrogen-bond donors (Lipinski definition) is 2. The summed E-state index contributed by atoms with van der Waals surface area (Å²) in [6.45, 7) is 12.2. The van der Waals surface area contributed by atoms with Crippen LogP contribution in [0.5, 0.6) is 0 Å². The summed E-state index contributed by atoms with van der Waals surface area (Å²) in [7, 11) is 0. The Bertz CT molecular complexity index is 324. The fraction of sp³-hybridized carbons (Fsp3) is 0.769. The molecule has 9 heteroatoms. The molecule has 0 aromatic heterocycles. The summed E-state index contributed by atoms with van der Waals surface area (Å²) in [4.78, 5) is 4.30. The Balaban J connectivity index is 3.83. The van der Waals surface area contributed by atoms with Crippen LogP contribution in [0.1, 0.15) is 27.7 Å². The first-order chi connectivity index (χ1) is 10.5. The minimum absolute atomic E-state index is 0.629. The van der Waals surface area contributed by atoms with Gasteiger partial charge in [-0.15, -0.1) is 0 Å². The molecule has 0 aliphatic rings. The highest BCUT2D eigenvalue weighted by atomic mass is 32.2. The molecule has 2 N–H and O–H groups in total. The maximum Gasteiger partial charge on any atom is 0.167 e. The molecule has 0 aliphatic carbocycles. The lowest BCUT2D eigenvalue weighted by molar-refractivity contribution is 0.482. The lowest BCUT2D eigenvalue weighted by Crippen LogP contribution is -2.37. The van der Waals surface area contributed by atoms with Gasteiger partial charge in [0, 0.05) is 26.2 Å². The molecule has 0 radical (unpaired) electrons. The van der Waals surface area contributed by atoms with Crippen LogP contribution in [0.15, 0.2) is 0 Å². The third kappa shape index (κ3) is 9.34. The van der Waals surface area contributed by atoms with E-state index in [4.69, 9.17) is 36.7 Å². The van der Waals surface area contributed by atoms with Crippen LogP contribution < -0.4 is 10.6 Å². The van der Waals surface area contributed by atoms with Gasteiger partial charge in [0.1, 0.15) is 8.64 Å². The van der Waals surface area contributed by atoms with Crippen molar-refractivity contribution in [1.29, 1.82) is 0 Å². The van der Waals surface area contributed by atoms with E-state index in [1.807, 2.05) is 0 Å². The van der Waals surface area contributed by atoms with Crippen molar-refractivity contribution in [2.45, 2.75) is 27.7 Å². The molecule has 0 aromatic rings. The summed E-state index contributed by atoms with van der Waals surface area (Å²) in [6.07, 6.45) is 0. The zero-order chi connectivity index (χ0) is 17.0. The highest BCUT2D eigenvalue weighted by molar-refractivity contribution is 8.23. The van der Waals surface area contributed by atoms with Crippen molar-refractivity contribution in [3.8, 4) is 0 Å². The van der Waals surface area contributed by atoms with Crippen LogP contribution in [0, 0.1) is 0 Å². The second kappa shape index (κ2) is 13.6. The molecule has 4 nitrogen and oxygen atoms in total. The van der Waals surface area contributed by atoms with Crippen molar-refractivity contribution in [3.63, 3.8) is 0 Å². The molecule has 0 saturated heterocycles. The largest absolute Gasteiger partial charge is 0.358 e. The van der Waals surface area contributed by atoms with E-state index in [0.717, 1.165) is 34.8 Å². The molecule has 0 unspecified atom stereocenters. The van der Waals surface area contributed by atoms with Crippen molar-refractivity contribution in [2.75, 3.05) is 37.9 Å². The minimum Gasteiger partial charge on any atom is -0.358 e. The summed E-state index contributed by atoms with van der Waals surface area (Å²) in [5.41, 5.74) is 0. The van der Waals surface area contributed by atoms with Crippen LogP contribution in [0.25, 0.3) is 0 Å². The minimum atomic E-state index is 0.629. The van der Waals surface area contributed by atoms with Crippen LogP contribution in [-0.2, 0) is 0 Å². The lowest BCUT2D eigenvalue weighted by atomic mass is 10.6. The molecule has 0 heterocycles. The Morgan fingerprint density at radius 1 is 0.727 bits per heavy atom. The van der Waals surface area contributed by atoms with Crippen molar-refractivity contribution in [1.82, 2.24) is 20.4 Å². The molecule has 0 saturated carbocycles. The number of hydrogen-bond acceptors (Lipinski definition) is 5. The maximum absolute atomic E-state index is 5.36. The molecular formula is C13H26N4S5. The fourth-order valence-electron chi connectivity index (χ4n) is 1.54. The van der Waals surface area contributed by atoms with Gasteiger partial charge in [-0.3, -0.25) is 0 Å². The van der Waals surface area contributed by atoms with Crippen molar-refractivity contribution in [2.24, 2.45) is 0 Å². The highest BCUT2D eigenvalue weighted by Gasteiger charge is 2.07. The number of nitrogens with zero attached hydrogens (tertiary/aromatic N) is 2. The Hall–Kier alpha value is 0.170. The molecule has 0 rings (SSSR count). The molecule has 128 valence electrons. The van der Waals surface area contributed by atoms with Crippen LogP contribution in [0.4, 0.5) is 0 Å². The number of rotatable bonds is 8. The Kier molecular flexibility index (Phi) is 13.7. The summed E-state index contributed by atoms with van der Waals surface area (Å²) in [5.74, 6) is 1.35. The van der Waals surface area contributed by atoms with Gasteiger partial charge >= 0.3 is 0 Å². The monoisotopic (exact) mass is 398 g/mol. The average molecular weight is 399 g/mol. The smallest absolute Gasteiger partial charge is 0.167 e. The van der Waals surface area contributed by atoms with Crippen LogP contribution >= 0.6 is 60.2 Å². The lowest BCUT2D eigenvalue weighted by Gasteiger charge is -2.22. The predicted molar refractivity (Wildman–Crippen MR) is 115 cm³/mol. The van der Waals surface area contributed by atoms with Crippen molar-refractivity contribution in [3.05, 3.63) is 0 Å². The average Bonchev–Trinajstić information content (AvgIpc) is 2.49. The van der Waals surface area contributed by atoms with Crippen molar-refractivity contribution < 1.29 is 0 Å². The van der Waals surface area contributed by atoms with Gasteiger partial charge in [0.25, 0.3) is 0 Å². The first kappa shape index (κ1) is 22.2. The highest BCUT2D eigenvalue weighted by Crippen LogP contribution is 2.08. The quantitative estimate of drug-likeness (QED) is 0.473. The van der Waals surface area contributed by atoms with Crippen LogP contribution in [0.3, 0.4) is 0 Å². The normalized spacial score (nSPS) is 10.0. The van der Waals surface area contributed by atoms with Gasteiger partial charge in [0.2, 0.25) is 0 Å².